The quantitative estimate of drug-likeness (QED) is 0.725. The molecule has 2 unspecified atom stereocenters. The molecule has 1 rings (SSSR count). The second kappa shape index (κ2) is 6.00. The molecular formula is C12H23N3O2. The van der Waals surface area contributed by atoms with Crippen LogP contribution < -0.4 is 11.1 Å². The molecule has 0 aromatic rings. The number of carbonyl (C=O) groups excluding carboxylic acids is 2. The van der Waals surface area contributed by atoms with Gasteiger partial charge in [0.1, 0.15) is 6.04 Å². The lowest BCUT2D eigenvalue weighted by molar-refractivity contribution is -0.145. The SMILES string of the molecule is CC(C)CC(CN)C(=O)N1CCNC(=O)C1C. The summed E-state index contributed by atoms with van der Waals surface area (Å²) in [6.07, 6.45) is 0.778. The van der Waals surface area contributed by atoms with E-state index in [0.717, 1.165) is 6.42 Å². The molecule has 17 heavy (non-hydrogen) atoms. The summed E-state index contributed by atoms with van der Waals surface area (Å²) in [6.45, 7) is 7.37. The second-order valence-corrected chi connectivity index (χ2v) is 5.06. The van der Waals surface area contributed by atoms with E-state index in [1.165, 1.54) is 0 Å². The minimum Gasteiger partial charge on any atom is -0.353 e. The molecule has 0 aromatic carbocycles. The van der Waals surface area contributed by atoms with Gasteiger partial charge in [0.15, 0.2) is 0 Å². The molecule has 1 heterocycles. The number of hydrogen-bond donors (Lipinski definition) is 2. The molecule has 0 aliphatic carbocycles. The van der Waals surface area contributed by atoms with Gasteiger partial charge in [0.25, 0.3) is 0 Å². The van der Waals surface area contributed by atoms with Crippen molar-refractivity contribution in [1.82, 2.24) is 10.2 Å². The van der Waals surface area contributed by atoms with E-state index in [4.69, 9.17) is 5.73 Å². The van der Waals surface area contributed by atoms with Crippen molar-refractivity contribution >= 4 is 11.8 Å². The fourth-order valence-corrected chi connectivity index (χ4v) is 2.18. The number of nitrogens with two attached hydrogens (primary N) is 1. The number of hydrogen-bond acceptors (Lipinski definition) is 3. The molecule has 1 aliphatic rings. The average Bonchev–Trinajstić information content (AvgIpc) is 2.28. The van der Waals surface area contributed by atoms with Crippen LogP contribution in [0.25, 0.3) is 0 Å². The topological polar surface area (TPSA) is 75.4 Å². The Labute approximate surface area is 103 Å². The Morgan fingerprint density at radius 2 is 2.24 bits per heavy atom. The smallest absolute Gasteiger partial charge is 0.242 e. The Morgan fingerprint density at radius 1 is 1.59 bits per heavy atom. The normalized spacial score (nSPS) is 22.5. The number of nitrogens with one attached hydrogen (secondary N) is 1. The van der Waals surface area contributed by atoms with E-state index in [0.29, 0.717) is 25.6 Å². The second-order valence-electron chi connectivity index (χ2n) is 5.06. The molecule has 0 spiro atoms. The first-order valence-corrected chi connectivity index (χ1v) is 6.25. The number of carbonyl (C=O) groups is 2. The molecule has 0 radical (unpaired) electrons. The van der Waals surface area contributed by atoms with Gasteiger partial charge in [-0.05, 0) is 19.3 Å². The van der Waals surface area contributed by atoms with Crippen LogP contribution in [-0.2, 0) is 9.59 Å². The van der Waals surface area contributed by atoms with Crippen molar-refractivity contribution in [2.75, 3.05) is 19.6 Å². The minimum atomic E-state index is -0.377. The highest BCUT2D eigenvalue weighted by molar-refractivity contribution is 5.89. The highest BCUT2D eigenvalue weighted by Gasteiger charge is 2.32. The van der Waals surface area contributed by atoms with Crippen molar-refractivity contribution in [1.29, 1.82) is 0 Å². The maximum Gasteiger partial charge on any atom is 0.242 e. The number of piperazine rings is 1. The number of amides is 2. The summed E-state index contributed by atoms with van der Waals surface area (Å²) in [5.74, 6) is 0.207. The molecule has 1 saturated heterocycles. The van der Waals surface area contributed by atoms with E-state index in [1.807, 2.05) is 0 Å². The fourth-order valence-electron chi connectivity index (χ4n) is 2.18. The highest BCUT2D eigenvalue weighted by Crippen LogP contribution is 2.16. The maximum absolute atomic E-state index is 12.3. The van der Waals surface area contributed by atoms with Crippen molar-refractivity contribution < 1.29 is 9.59 Å². The van der Waals surface area contributed by atoms with Gasteiger partial charge in [-0.15, -0.1) is 0 Å². The van der Waals surface area contributed by atoms with Crippen molar-refractivity contribution in [3.8, 4) is 0 Å². The van der Waals surface area contributed by atoms with Gasteiger partial charge in [0, 0.05) is 19.6 Å². The molecule has 98 valence electrons. The third-order valence-corrected chi connectivity index (χ3v) is 3.17. The van der Waals surface area contributed by atoms with E-state index in [9.17, 15) is 9.59 Å². The predicted molar refractivity (Wildman–Crippen MR) is 66.2 cm³/mol. The Kier molecular flexibility index (Phi) is 4.93. The van der Waals surface area contributed by atoms with Crippen LogP contribution in [0.4, 0.5) is 0 Å². The lowest BCUT2D eigenvalue weighted by Gasteiger charge is -2.35. The molecule has 0 saturated carbocycles. The van der Waals surface area contributed by atoms with E-state index < -0.39 is 0 Å². The van der Waals surface area contributed by atoms with E-state index in [1.54, 1.807) is 11.8 Å². The van der Waals surface area contributed by atoms with Gasteiger partial charge in [0.05, 0.1) is 5.92 Å². The largest absolute Gasteiger partial charge is 0.353 e. The first kappa shape index (κ1) is 14.0. The third-order valence-electron chi connectivity index (χ3n) is 3.17. The van der Waals surface area contributed by atoms with Crippen LogP contribution in [0, 0.1) is 11.8 Å². The van der Waals surface area contributed by atoms with Crippen LogP contribution in [0.5, 0.6) is 0 Å². The van der Waals surface area contributed by atoms with Crippen molar-refractivity contribution in [2.24, 2.45) is 17.6 Å². The van der Waals surface area contributed by atoms with Crippen LogP contribution in [0.2, 0.25) is 0 Å². The Morgan fingerprint density at radius 3 is 2.76 bits per heavy atom. The predicted octanol–water partition coefficient (Wildman–Crippen LogP) is -0.0457. The van der Waals surface area contributed by atoms with Crippen LogP contribution in [0.15, 0.2) is 0 Å². The van der Waals surface area contributed by atoms with E-state index >= 15 is 0 Å². The standard InChI is InChI=1S/C12H23N3O2/c1-8(2)6-10(7-13)12(17)15-5-4-14-11(16)9(15)3/h8-10H,4-7,13H2,1-3H3,(H,14,16). The minimum absolute atomic E-state index is 0.0172. The monoisotopic (exact) mass is 241 g/mol. The van der Waals surface area contributed by atoms with Crippen molar-refractivity contribution in [3.63, 3.8) is 0 Å². The fraction of sp³-hybridized carbons (Fsp3) is 0.833. The van der Waals surface area contributed by atoms with Gasteiger partial charge in [-0.2, -0.15) is 0 Å². The van der Waals surface area contributed by atoms with Gasteiger partial charge in [-0.25, -0.2) is 0 Å². The van der Waals surface area contributed by atoms with Crippen molar-refractivity contribution in [2.45, 2.75) is 33.2 Å². The summed E-state index contributed by atoms with van der Waals surface area (Å²) in [7, 11) is 0. The van der Waals surface area contributed by atoms with Gasteiger partial charge in [-0.1, -0.05) is 13.8 Å². The van der Waals surface area contributed by atoms with Gasteiger partial charge in [0.2, 0.25) is 11.8 Å². The number of rotatable bonds is 4. The first-order chi connectivity index (χ1) is 7.97. The van der Waals surface area contributed by atoms with E-state index in [-0.39, 0.29) is 23.8 Å². The van der Waals surface area contributed by atoms with Crippen LogP contribution in [0.1, 0.15) is 27.2 Å². The number of nitrogens with zero attached hydrogens (tertiary/aromatic N) is 1. The molecule has 0 bridgehead atoms. The molecule has 1 fully saturated rings. The molecule has 0 aromatic heterocycles. The van der Waals surface area contributed by atoms with Gasteiger partial charge >= 0.3 is 0 Å². The summed E-state index contributed by atoms with van der Waals surface area (Å²) < 4.78 is 0. The molecule has 1 aliphatic heterocycles. The van der Waals surface area contributed by atoms with E-state index in [2.05, 4.69) is 19.2 Å². The zero-order valence-corrected chi connectivity index (χ0v) is 10.9. The van der Waals surface area contributed by atoms with Crippen LogP contribution >= 0.6 is 0 Å². The molecule has 2 amide bonds. The summed E-state index contributed by atoms with van der Waals surface area (Å²) in [5, 5.41) is 2.75. The van der Waals surface area contributed by atoms with Gasteiger partial charge in [-0.3, -0.25) is 9.59 Å². The Balaban J connectivity index is 2.69. The molecule has 2 atom stereocenters. The third kappa shape index (κ3) is 3.43. The lowest BCUT2D eigenvalue weighted by Crippen LogP contribution is -2.57. The van der Waals surface area contributed by atoms with Crippen LogP contribution in [0.3, 0.4) is 0 Å². The lowest BCUT2D eigenvalue weighted by atomic mass is 9.95. The van der Waals surface area contributed by atoms with Crippen LogP contribution in [-0.4, -0.2) is 42.4 Å². The summed E-state index contributed by atoms with van der Waals surface area (Å²) >= 11 is 0. The summed E-state index contributed by atoms with van der Waals surface area (Å²) in [4.78, 5) is 25.4. The molecule has 5 heteroatoms. The first-order valence-electron chi connectivity index (χ1n) is 6.25. The summed E-state index contributed by atoms with van der Waals surface area (Å²) in [6, 6.07) is -0.377. The molecule has 5 nitrogen and oxygen atoms in total. The Bertz CT molecular complexity index is 291. The zero-order chi connectivity index (χ0) is 13.0. The molecule has 3 N–H and O–H groups in total. The highest BCUT2D eigenvalue weighted by atomic mass is 16.2. The van der Waals surface area contributed by atoms with Gasteiger partial charge < -0.3 is 16.0 Å². The molecular weight excluding hydrogens is 218 g/mol. The van der Waals surface area contributed by atoms with Crippen molar-refractivity contribution in [3.05, 3.63) is 0 Å². The maximum atomic E-state index is 12.3. The summed E-state index contributed by atoms with van der Waals surface area (Å²) in [5.41, 5.74) is 5.66. The zero-order valence-electron chi connectivity index (χ0n) is 10.9. The Hall–Kier alpha value is -1.10. The average molecular weight is 241 g/mol.